The number of hydrogen-bond acceptors (Lipinski definition) is 8. The lowest BCUT2D eigenvalue weighted by Gasteiger charge is -2.27. The molecule has 3 aromatic carbocycles. The van der Waals surface area contributed by atoms with Crippen molar-refractivity contribution in [1.82, 2.24) is 0 Å². The molecule has 0 unspecified atom stereocenters. The third kappa shape index (κ3) is 9.77. The molecule has 4 rings (SSSR count). The first-order valence-electron chi connectivity index (χ1n) is 15.1. The molecule has 45 heavy (non-hydrogen) atoms. The number of benzene rings is 3. The zero-order valence-corrected chi connectivity index (χ0v) is 26.5. The molecule has 0 saturated heterocycles. The highest BCUT2D eigenvalue weighted by Gasteiger charge is 2.28. The van der Waals surface area contributed by atoms with E-state index in [-0.39, 0.29) is 56.0 Å². The minimum atomic E-state index is -0.739. The third-order valence-electron chi connectivity index (χ3n) is 7.90. The molecule has 0 heterocycles. The number of carbonyl (C=O) groups excluding carboxylic acids is 3. The summed E-state index contributed by atoms with van der Waals surface area (Å²) in [6.07, 6.45) is 11.3. The number of hydrogen-bond donors (Lipinski definition) is 0. The number of nitrogens with zero attached hydrogens (tertiary/aromatic N) is 1. The van der Waals surface area contributed by atoms with Crippen LogP contribution < -0.4 is 14.2 Å². The van der Waals surface area contributed by atoms with Crippen molar-refractivity contribution >= 4 is 46.8 Å². The van der Waals surface area contributed by atoms with Crippen molar-refractivity contribution < 1.29 is 33.5 Å². The van der Waals surface area contributed by atoms with E-state index < -0.39 is 16.9 Å². The molecule has 0 atom stereocenters. The van der Waals surface area contributed by atoms with Gasteiger partial charge in [-0.15, -0.1) is 0 Å². The standard InChI is InChI=1S/C34H35Cl2NO8/c1-2-3-4-5-6-7-22-8-10-23(11-9-22)32(38)44-26-16-18-28(29(35)20-26)34(40)43-25-14-12-24(13-15-25)33(39)45-27-17-19-31(37(41)42)30(36)21-27/h12-23H,2-11H2,1H3. The number of halogens is 2. The normalized spacial score (nSPS) is 16.1. The van der Waals surface area contributed by atoms with Crippen LogP contribution in [-0.2, 0) is 4.79 Å². The van der Waals surface area contributed by atoms with Gasteiger partial charge >= 0.3 is 17.9 Å². The first-order valence-corrected chi connectivity index (χ1v) is 15.9. The molecule has 0 bridgehead atoms. The van der Waals surface area contributed by atoms with Crippen LogP contribution in [0.15, 0.2) is 60.7 Å². The number of rotatable bonds is 13. The Morgan fingerprint density at radius 1 is 0.756 bits per heavy atom. The van der Waals surface area contributed by atoms with Crippen LogP contribution >= 0.6 is 23.2 Å². The summed E-state index contributed by atoms with van der Waals surface area (Å²) in [5.41, 5.74) is -0.0896. The largest absolute Gasteiger partial charge is 0.426 e. The first-order chi connectivity index (χ1) is 21.6. The van der Waals surface area contributed by atoms with Gasteiger partial charge in [0.2, 0.25) is 0 Å². The van der Waals surface area contributed by atoms with Gasteiger partial charge in [0, 0.05) is 18.2 Å². The summed E-state index contributed by atoms with van der Waals surface area (Å²) < 4.78 is 16.2. The first kappa shape index (κ1) is 33.9. The zero-order valence-electron chi connectivity index (χ0n) is 25.0. The van der Waals surface area contributed by atoms with E-state index in [2.05, 4.69) is 6.92 Å². The fraction of sp³-hybridized carbons (Fsp3) is 0.382. The van der Waals surface area contributed by atoms with Gasteiger partial charge in [0.1, 0.15) is 22.3 Å². The number of nitro benzene ring substituents is 1. The summed E-state index contributed by atoms with van der Waals surface area (Å²) >= 11 is 12.2. The minimum Gasteiger partial charge on any atom is -0.426 e. The molecule has 0 amide bonds. The van der Waals surface area contributed by atoms with Crippen LogP contribution in [0.1, 0.15) is 91.8 Å². The maximum absolute atomic E-state index is 12.8. The van der Waals surface area contributed by atoms with E-state index >= 15 is 0 Å². The van der Waals surface area contributed by atoms with Crippen molar-refractivity contribution in [1.29, 1.82) is 0 Å². The fourth-order valence-corrected chi connectivity index (χ4v) is 5.82. The molecule has 0 radical (unpaired) electrons. The molecule has 0 N–H and O–H groups in total. The summed E-state index contributed by atoms with van der Waals surface area (Å²) in [5, 5.41) is 10.8. The second-order valence-corrected chi connectivity index (χ2v) is 12.0. The maximum Gasteiger partial charge on any atom is 0.345 e. The number of nitro groups is 1. The van der Waals surface area contributed by atoms with Gasteiger partial charge in [0.25, 0.3) is 5.69 Å². The molecule has 1 aliphatic carbocycles. The van der Waals surface area contributed by atoms with Crippen molar-refractivity contribution in [3.8, 4) is 17.2 Å². The van der Waals surface area contributed by atoms with Crippen molar-refractivity contribution in [3.05, 3.63) is 92.0 Å². The van der Waals surface area contributed by atoms with Gasteiger partial charge in [0.15, 0.2) is 0 Å². The van der Waals surface area contributed by atoms with Gasteiger partial charge < -0.3 is 14.2 Å². The highest BCUT2D eigenvalue weighted by atomic mass is 35.5. The Morgan fingerprint density at radius 3 is 2.00 bits per heavy atom. The molecular weight excluding hydrogens is 621 g/mol. The zero-order chi connectivity index (χ0) is 32.3. The molecule has 0 aromatic heterocycles. The molecule has 0 spiro atoms. The lowest BCUT2D eigenvalue weighted by atomic mass is 9.80. The Kier molecular flexibility index (Phi) is 12.4. The van der Waals surface area contributed by atoms with E-state index in [0.29, 0.717) is 5.92 Å². The van der Waals surface area contributed by atoms with Crippen LogP contribution in [0.3, 0.4) is 0 Å². The SMILES string of the molecule is CCCCCCCC1CCC(C(=O)Oc2ccc(C(=O)Oc3ccc(C(=O)Oc4ccc([N+](=O)[O-])c(Cl)c4)cc3)c(Cl)c2)CC1. The molecule has 11 heteroatoms. The Bertz CT molecular complexity index is 1520. The number of esters is 3. The van der Waals surface area contributed by atoms with Crippen molar-refractivity contribution in [2.75, 3.05) is 0 Å². The predicted octanol–water partition coefficient (Wildman–Crippen LogP) is 9.41. The minimum absolute atomic E-state index is 0.0331. The number of carbonyl (C=O) groups is 3. The smallest absolute Gasteiger partial charge is 0.345 e. The highest BCUT2D eigenvalue weighted by molar-refractivity contribution is 6.34. The van der Waals surface area contributed by atoms with Crippen LogP contribution in [0.5, 0.6) is 17.2 Å². The molecular formula is C34H35Cl2NO8. The lowest BCUT2D eigenvalue weighted by molar-refractivity contribution is -0.384. The molecule has 1 aliphatic rings. The van der Waals surface area contributed by atoms with Crippen molar-refractivity contribution in [2.24, 2.45) is 11.8 Å². The summed E-state index contributed by atoms with van der Waals surface area (Å²) in [7, 11) is 0. The van der Waals surface area contributed by atoms with Crippen LogP contribution in [0, 0.1) is 22.0 Å². The second-order valence-electron chi connectivity index (χ2n) is 11.2. The molecule has 1 saturated carbocycles. The van der Waals surface area contributed by atoms with Gasteiger partial charge in [-0.05, 0) is 74.1 Å². The topological polar surface area (TPSA) is 122 Å². The monoisotopic (exact) mass is 655 g/mol. The van der Waals surface area contributed by atoms with E-state index in [1.165, 1.54) is 93.1 Å². The van der Waals surface area contributed by atoms with Gasteiger partial charge in [0.05, 0.1) is 27.0 Å². The Hall–Kier alpha value is -3.95. The van der Waals surface area contributed by atoms with Crippen molar-refractivity contribution in [3.63, 3.8) is 0 Å². The van der Waals surface area contributed by atoms with E-state index in [0.717, 1.165) is 31.7 Å². The van der Waals surface area contributed by atoms with Crippen LogP contribution in [0.4, 0.5) is 5.69 Å². The quantitative estimate of drug-likeness (QED) is 0.0586. The second kappa shape index (κ2) is 16.4. The van der Waals surface area contributed by atoms with Gasteiger partial charge in [-0.2, -0.15) is 0 Å². The van der Waals surface area contributed by atoms with Gasteiger partial charge in [-0.1, -0.05) is 68.7 Å². The van der Waals surface area contributed by atoms with Crippen LogP contribution in [0.25, 0.3) is 0 Å². The fourth-order valence-electron chi connectivity index (χ4n) is 5.33. The maximum atomic E-state index is 12.8. The summed E-state index contributed by atoms with van der Waals surface area (Å²) in [5.74, 6) is -0.767. The van der Waals surface area contributed by atoms with Gasteiger partial charge in [-0.3, -0.25) is 14.9 Å². The third-order valence-corrected chi connectivity index (χ3v) is 8.52. The average molecular weight is 657 g/mol. The predicted molar refractivity (Wildman–Crippen MR) is 170 cm³/mol. The van der Waals surface area contributed by atoms with Crippen LogP contribution in [0.2, 0.25) is 10.0 Å². The highest BCUT2D eigenvalue weighted by Crippen LogP contribution is 2.34. The molecule has 3 aromatic rings. The average Bonchev–Trinajstić information content (AvgIpc) is 3.01. The van der Waals surface area contributed by atoms with Gasteiger partial charge in [-0.25, -0.2) is 9.59 Å². The molecule has 238 valence electrons. The summed E-state index contributed by atoms with van der Waals surface area (Å²) in [4.78, 5) is 48.3. The van der Waals surface area contributed by atoms with Crippen LogP contribution in [-0.4, -0.2) is 22.8 Å². The molecule has 9 nitrogen and oxygen atoms in total. The summed E-state index contributed by atoms with van der Waals surface area (Å²) in [6.45, 7) is 2.22. The Labute approximate surface area is 271 Å². The van der Waals surface area contributed by atoms with Crippen molar-refractivity contribution in [2.45, 2.75) is 71.1 Å². The Balaban J connectivity index is 1.25. The lowest BCUT2D eigenvalue weighted by Crippen LogP contribution is -2.25. The Morgan fingerprint density at radius 2 is 1.36 bits per heavy atom. The molecule has 0 aliphatic heterocycles. The summed E-state index contributed by atoms with van der Waals surface area (Å²) in [6, 6.07) is 13.5. The van der Waals surface area contributed by atoms with E-state index in [1.54, 1.807) is 0 Å². The number of ether oxygens (including phenoxy) is 3. The van der Waals surface area contributed by atoms with E-state index in [4.69, 9.17) is 37.4 Å². The number of unbranched alkanes of at least 4 members (excludes halogenated alkanes) is 4. The molecule has 1 fully saturated rings. The van der Waals surface area contributed by atoms with E-state index in [1.807, 2.05) is 0 Å². The van der Waals surface area contributed by atoms with E-state index in [9.17, 15) is 24.5 Å².